The summed E-state index contributed by atoms with van der Waals surface area (Å²) in [5.74, 6) is 0. The molecule has 1 aliphatic heterocycles. The lowest BCUT2D eigenvalue weighted by Gasteiger charge is -2.23. The van der Waals surface area contributed by atoms with Crippen LogP contribution >= 0.6 is 15.9 Å². The van der Waals surface area contributed by atoms with Gasteiger partial charge in [0.25, 0.3) is 0 Å². The fraction of sp³-hybridized carbons (Fsp3) is 0.364. The van der Waals surface area contributed by atoms with E-state index in [9.17, 15) is 0 Å². The van der Waals surface area contributed by atoms with Gasteiger partial charge in [-0.1, -0.05) is 15.9 Å². The van der Waals surface area contributed by atoms with Gasteiger partial charge in [-0.2, -0.15) is 5.10 Å². The summed E-state index contributed by atoms with van der Waals surface area (Å²) in [5.41, 5.74) is 2.43. The maximum absolute atomic E-state index is 4.61. The Labute approximate surface area is 96.8 Å². The summed E-state index contributed by atoms with van der Waals surface area (Å²) in [7, 11) is 2.15. The standard InChI is InChI=1S/C11H12BrN3/c1-14-4-5-15-11(7-14)9-3-2-8(12)6-10(9)13-15/h2-3,6H,4-5,7H2,1H3. The molecule has 0 saturated carbocycles. The van der Waals surface area contributed by atoms with Crippen LogP contribution < -0.4 is 0 Å². The molecule has 2 aromatic rings. The number of aromatic nitrogens is 2. The van der Waals surface area contributed by atoms with E-state index in [1.165, 1.54) is 11.1 Å². The van der Waals surface area contributed by atoms with Crippen LogP contribution in [0.15, 0.2) is 22.7 Å². The highest BCUT2D eigenvalue weighted by molar-refractivity contribution is 9.10. The van der Waals surface area contributed by atoms with Gasteiger partial charge >= 0.3 is 0 Å². The van der Waals surface area contributed by atoms with E-state index in [1.54, 1.807) is 0 Å². The van der Waals surface area contributed by atoms with Crippen LogP contribution in [0.25, 0.3) is 10.9 Å². The Hall–Kier alpha value is -0.870. The average Bonchev–Trinajstić information content (AvgIpc) is 2.54. The van der Waals surface area contributed by atoms with E-state index < -0.39 is 0 Å². The van der Waals surface area contributed by atoms with Crippen LogP contribution in [-0.2, 0) is 13.1 Å². The second kappa shape index (κ2) is 3.32. The number of rotatable bonds is 0. The molecule has 78 valence electrons. The van der Waals surface area contributed by atoms with Gasteiger partial charge in [0, 0.05) is 22.9 Å². The quantitative estimate of drug-likeness (QED) is 0.729. The largest absolute Gasteiger partial charge is 0.299 e. The molecular weight excluding hydrogens is 254 g/mol. The summed E-state index contributed by atoms with van der Waals surface area (Å²) in [6.45, 7) is 3.08. The summed E-state index contributed by atoms with van der Waals surface area (Å²) in [6, 6.07) is 6.32. The summed E-state index contributed by atoms with van der Waals surface area (Å²) < 4.78 is 3.23. The third-order valence-corrected chi connectivity index (χ3v) is 3.42. The lowest BCUT2D eigenvalue weighted by Crippen LogP contribution is -2.30. The molecule has 0 saturated heterocycles. The minimum Gasteiger partial charge on any atom is -0.299 e. The smallest absolute Gasteiger partial charge is 0.0938 e. The van der Waals surface area contributed by atoms with Crippen LogP contribution in [0.5, 0.6) is 0 Å². The molecule has 15 heavy (non-hydrogen) atoms. The number of halogens is 1. The van der Waals surface area contributed by atoms with Crippen molar-refractivity contribution >= 4 is 26.8 Å². The molecule has 0 aliphatic carbocycles. The zero-order chi connectivity index (χ0) is 10.4. The predicted octanol–water partition coefficient (Wildman–Crippen LogP) is 2.24. The molecule has 0 N–H and O–H groups in total. The van der Waals surface area contributed by atoms with Gasteiger partial charge in [0.2, 0.25) is 0 Å². The molecule has 0 bridgehead atoms. The van der Waals surface area contributed by atoms with Crippen LogP contribution in [0, 0.1) is 0 Å². The molecule has 0 unspecified atom stereocenters. The molecule has 1 aliphatic rings. The molecule has 3 rings (SSSR count). The molecule has 4 heteroatoms. The second-order valence-electron chi connectivity index (χ2n) is 4.07. The van der Waals surface area contributed by atoms with Crippen LogP contribution in [0.4, 0.5) is 0 Å². The lowest BCUT2D eigenvalue weighted by atomic mass is 10.2. The highest BCUT2D eigenvalue weighted by atomic mass is 79.9. The molecule has 0 spiro atoms. The van der Waals surface area contributed by atoms with E-state index in [1.807, 2.05) is 0 Å². The molecule has 0 radical (unpaired) electrons. The van der Waals surface area contributed by atoms with E-state index in [-0.39, 0.29) is 0 Å². The fourth-order valence-electron chi connectivity index (χ4n) is 2.11. The first-order valence-corrected chi connectivity index (χ1v) is 5.87. The number of fused-ring (bicyclic) bond motifs is 3. The van der Waals surface area contributed by atoms with E-state index in [2.05, 4.69) is 55.9 Å². The molecule has 1 aromatic heterocycles. The van der Waals surface area contributed by atoms with Crippen LogP contribution in [-0.4, -0.2) is 28.3 Å². The van der Waals surface area contributed by atoms with E-state index in [0.29, 0.717) is 0 Å². The van der Waals surface area contributed by atoms with Crippen molar-refractivity contribution in [2.45, 2.75) is 13.1 Å². The number of nitrogens with zero attached hydrogens (tertiary/aromatic N) is 3. The Kier molecular flexibility index (Phi) is 2.07. The summed E-state index contributed by atoms with van der Waals surface area (Å²) in [4.78, 5) is 2.33. The van der Waals surface area contributed by atoms with Gasteiger partial charge in [0.15, 0.2) is 0 Å². The monoisotopic (exact) mass is 265 g/mol. The molecule has 0 atom stereocenters. The molecule has 0 amide bonds. The SMILES string of the molecule is CN1CCn2nc3cc(Br)ccc3c2C1. The number of likely N-dealkylation sites (N-methyl/N-ethyl adjacent to an activating group) is 1. The average molecular weight is 266 g/mol. The Balaban J connectivity index is 2.24. The van der Waals surface area contributed by atoms with Crippen molar-refractivity contribution in [2.24, 2.45) is 0 Å². The Morgan fingerprint density at radius 1 is 1.33 bits per heavy atom. The second-order valence-corrected chi connectivity index (χ2v) is 4.98. The van der Waals surface area contributed by atoms with Crippen molar-refractivity contribution < 1.29 is 0 Å². The zero-order valence-corrected chi connectivity index (χ0v) is 10.2. The Morgan fingerprint density at radius 2 is 2.20 bits per heavy atom. The van der Waals surface area contributed by atoms with Crippen LogP contribution in [0.3, 0.4) is 0 Å². The van der Waals surface area contributed by atoms with Gasteiger partial charge in [-0.3, -0.25) is 9.58 Å². The summed E-state index contributed by atoms with van der Waals surface area (Å²) in [6.07, 6.45) is 0. The highest BCUT2D eigenvalue weighted by Gasteiger charge is 2.17. The van der Waals surface area contributed by atoms with Crippen molar-refractivity contribution in [2.75, 3.05) is 13.6 Å². The normalized spacial score (nSPS) is 16.9. The highest BCUT2D eigenvalue weighted by Crippen LogP contribution is 2.25. The maximum atomic E-state index is 4.61. The molecular formula is C11H12BrN3. The Morgan fingerprint density at radius 3 is 3.07 bits per heavy atom. The van der Waals surface area contributed by atoms with Crippen LogP contribution in [0.2, 0.25) is 0 Å². The van der Waals surface area contributed by atoms with Crippen molar-refractivity contribution in [3.63, 3.8) is 0 Å². The number of hydrogen-bond acceptors (Lipinski definition) is 2. The minimum atomic E-state index is 0.998. The first kappa shape index (κ1) is 9.36. The zero-order valence-electron chi connectivity index (χ0n) is 8.57. The third kappa shape index (κ3) is 1.48. The summed E-state index contributed by atoms with van der Waals surface area (Å²) >= 11 is 3.48. The third-order valence-electron chi connectivity index (χ3n) is 2.92. The molecule has 2 heterocycles. The molecule has 3 nitrogen and oxygen atoms in total. The van der Waals surface area contributed by atoms with E-state index >= 15 is 0 Å². The van der Waals surface area contributed by atoms with E-state index in [4.69, 9.17) is 0 Å². The molecule has 1 aromatic carbocycles. The van der Waals surface area contributed by atoms with Gasteiger partial charge < -0.3 is 0 Å². The first-order chi connectivity index (χ1) is 7.24. The maximum Gasteiger partial charge on any atom is 0.0938 e. The van der Waals surface area contributed by atoms with Gasteiger partial charge in [-0.25, -0.2) is 0 Å². The lowest BCUT2D eigenvalue weighted by molar-refractivity contribution is 0.260. The molecule has 0 fully saturated rings. The van der Waals surface area contributed by atoms with Gasteiger partial charge in [0.05, 0.1) is 17.8 Å². The number of benzene rings is 1. The Bertz CT molecular complexity index is 518. The minimum absolute atomic E-state index is 0.998. The van der Waals surface area contributed by atoms with Crippen molar-refractivity contribution in [3.05, 3.63) is 28.4 Å². The van der Waals surface area contributed by atoms with Crippen LogP contribution in [0.1, 0.15) is 5.69 Å². The van der Waals surface area contributed by atoms with Gasteiger partial charge in [0.1, 0.15) is 0 Å². The van der Waals surface area contributed by atoms with E-state index in [0.717, 1.165) is 29.6 Å². The van der Waals surface area contributed by atoms with Crippen molar-refractivity contribution in [1.29, 1.82) is 0 Å². The number of hydrogen-bond donors (Lipinski definition) is 0. The fourth-order valence-corrected chi connectivity index (χ4v) is 2.46. The predicted molar refractivity (Wildman–Crippen MR) is 63.8 cm³/mol. The van der Waals surface area contributed by atoms with Crippen molar-refractivity contribution in [3.8, 4) is 0 Å². The topological polar surface area (TPSA) is 21.1 Å². The first-order valence-electron chi connectivity index (χ1n) is 5.07. The van der Waals surface area contributed by atoms with Crippen molar-refractivity contribution in [1.82, 2.24) is 14.7 Å². The summed E-state index contributed by atoms with van der Waals surface area (Å²) in [5, 5.41) is 5.89. The van der Waals surface area contributed by atoms with Gasteiger partial charge in [-0.05, 0) is 25.2 Å². The van der Waals surface area contributed by atoms with Gasteiger partial charge in [-0.15, -0.1) is 0 Å².